The number of benzene rings is 2. The third kappa shape index (κ3) is 4.86. The number of esters is 1. The highest BCUT2D eigenvalue weighted by Crippen LogP contribution is 2.57. The molecule has 0 spiro atoms. The fraction of sp³-hybridized carbons (Fsp3) is 0.500. The Labute approximate surface area is 214 Å². The molecule has 182 valence electrons. The monoisotopic (exact) mass is 494 g/mol. The Balaban J connectivity index is 1.84. The number of fused-ring (bicyclic) bond motifs is 1. The van der Waals surface area contributed by atoms with Crippen molar-refractivity contribution in [3.63, 3.8) is 0 Å². The first-order valence-corrected chi connectivity index (χ1v) is 14.5. The second-order valence-electron chi connectivity index (χ2n) is 10.9. The molecule has 2 nitrogen and oxygen atoms in total. The van der Waals surface area contributed by atoms with E-state index in [-0.39, 0.29) is 20.9 Å². The minimum Gasteiger partial charge on any atom is -0.463 e. The van der Waals surface area contributed by atoms with Gasteiger partial charge in [0.15, 0.2) is 0 Å². The first-order valence-electron chi connectivity index (χ1n) is 12.5. The minimum absolute atomic E-state index is 0.136. The maximum atomic E-state index is 11.9. The van der Waals surface area contributed by atoms with Crippen molar-refractivity contribution in [1.29, 1.82) is 0 Å². The molecular formula is C30H38O2S2. The van der Waals surface area contributed by atoms with E-state index in [1.54, 1.807) is 0 Å². The van der Waals surface area contributed by atoms with E-state index in [2.05, 4.69) is 94.5 Å². The summed E-state index contributed by atoms with van der Waals surface area (Å²) in [6.45, 7) is 14.2. The van der Waals surface area contributed by atoms with Gasteiger partial charge in [-0.25, -0.2) is 4.79 Å². The average molecular weight is 495 g/mol. The highest BCUT2D eigenvalue weighted by atomic mass is 32.2. The van der Waals surface area contributed by atoms with E-state index in [0.29, 0.717) is 6.61 Å². The smallest absolute Gasteiger partial charge is 0.330 e. The molecule has 0 aromatic heterocycles. The molecule has 1 heterocycles. The largest absolute Gasteiger partial charge is 0.463 e. The number of thioether (sulfide) groups is 2. The number of carbonyl (C=O) groups excluding carboxylic acids is 1. The predicted molar refractivity (Wildman–Crippen MR) is 149 cm³/mol. The minimum atomic E-state index is -0.292. The normalized spacial score (nSPS) is 20.6. The highest BCUT2D eigenvalue weighted by Gasteiger charge is 2.43. The molecule has 1 aliphatic heterocycles. The third-order valence-electron chi connectivity index (χ3n) is 7.42. The summed E-state index contributed by atoms with van der Waals surface area (Å²) in [6.07, 6.45) is 7.10. The summed E-state index contributed by atoms with van der Waals surface area (Å²) in [5, 5.41) is 0. The van der Waals surface area contributed by atoms with Crippen LogP contribution < -0.4 is 0 Å². The van der Waals surface area contributed by atoms with Crippen LogP contribution >= 0.6 is 23.5 Å². The van der Waals surface area contributed by atoms with Crippen molar-refractivity contribution < 1.29 is 9.53 Å². The van der Waals surface area contributed by atoms with E-state index in [0.717, 1.165) is 17.1 Å². The molecule has 0 radical (unpaired) electrons. The lowest BCUT2D eigenvalue weighted by Crippen LogP contribution is -2.35. The average Bonchev–Trinajstić information content (AvgIpc) is 2.81. The lowest BCUT2D eigenvalue weighted by molar-refractivity contribution is -0.137. The Hall–Kier alpha value is -1.65. The Kier molecular flexibility index (Phi) is 7.32. The van der Waals surface area contributed by atoms with Gasteiger partial charge in [0.05, 0.1) is 6.61 Å². The van der Waals surface area contributed by atoms with Gasteiger partial charge >= 0.3 is 5.97 Å². The number of hydrogen-bond acceptors (Lipinski definition) is 4. The molecular weight excluding hydrogens is 456 g/mol. The van der Waals surface area contributed by atoms with E-state index < -0.39 is 0 Å². The van der Waals surface area contributed by atoms with Crippen molar-refractivity contribution in [2.75, 3.05) is 18.1 Å². The summed E-state index contributed by atoms with van der Waals surface area (Å²) in [6, 6.07) is 13.8. The molecule has 0 bridgehead atoms. The number of carbonyl (C=O) groups is 1. The molecule has 0 unspecified atom stereocenters. The van der Waals surface area contributed by atoms with Gasteiger partial charge in [0, 0.05) is 6.08 Å². The zero-order valence-electron chi connectivity index (χ0n) is 21.5. The summed E-state index contributed by atoms with van der Waals surface area (Å²) in [7, 11) is 0. The second-order valence-corrected chi connectivity index (χ2v) is 13.7. The Morgan fingerprint density at radius 3 is 2.26 bits per heavy atom. The molecule has 1 aliphatic carbocycles. The van der Waals surface area contributed by atoms with Gasteiger partial charge in [-0.2, -0.15) is 0 Å². The van der Waals surface area contributed by atoms with Crippen molar-refractivity contribution in [2.24, 2.45) is 0 Å². The van der Waals surface area contributed by atoms with Crippen molar-refractivity contribution in [1.82, 2.24) is 0 Å². The molecule has 0 N–H and O–H groups in total. The molecule has 2 aliphatic rings. The van der Waals surface area contributed by atoms with Crippen molar-refractivity contribution >= 4 is 35.6 Å². The SMILES string of the molecule is CCOC(=O)C=Cc1cccc(C2(c3cc4c(cc3C)C(C)(C)CCC4(C)C)SCCCS2)c1. The maximum Gasteiger partial charge on any atom is 0.330 e. The van der Waals surface area contributed by atoms with Crippen LogP contribution in [0.2, 0.25) is 0 Å². The first-order chi connectivity index (χ1) is 16.1. The molecule has 2 aromatic rings. The second kappa shape index (κ2) is 9.78. The molecule has 2 aromatic carbocycles. The molecule has 0 atom stereocenters. The van der Waals surface area contributed by atoms with E-state index >= 15 is 0 Å². The van der Waals surface area contributed by atoms with Crippen molar-refractivity contribution in [3.05, 3.63) is 75.9 Å². The van der Waals surface area contributed by atoms with Crippen LogP contribution in [0.3, 0.4) is 0 Å². The van der Waals surface area contributed by atoms with E-state index in [9.17, 15) is 4.79 Å². The topological polar surface area (TPSA) is 26.3 Å². The first kappa shape index (κ1) is 25.4. The van der Waals surface area contributed by atoms with Crippen LogP contribution in [-0.2, 0) is 24.4 Å². The van der Waals surface area contributed by atoms with E-state index in [4.69, 9.17) is 4.74 Å². The summed E-state index contributed by atoms with van der Waals surface area (Å²) >= 11 is 4.14. The number of hydrogen-bond donors (Lipinski definition) is 0. The Morgan fingerprint density at radius 2 is 1.62 bits per heavy atom. The summed E-state index contributed by atoms with van der Waals surface area (Å²) in [5.74, 6) is 2.02. The predicted octanol–water partition coefficient (Wildman–Crippen LogP) is 7.99. The zero-order valence-corrected chi connectivity index (χ0v) is 23.1. The van der Waals surface area contributed by atoms with Crippen LogP contribution in [0, 0.1) is 6.92 Å². The van der Waals surface area contributed by atoms with E-state index in [1.807, 2.05) is 13.0 Å². The molecule has 1 saturated heterocycles. The highest BCUT2D eigenvalue weighted by molar-refractivity contribution is 8.18. The van der Waals surface area contributed by atoms with Gasteiger partial charge in [0.25, 0.3) is 0 Å². The number of ether oxygens (including phenoxy) is 1. The summed E-state index contributed by atoms with van der Waals surface area (Å²) in [5.41, 5.74) is 8.62. The molecule has 34 heavy (non-hydrogen) atoms. The van der Waals surface area contributed by atoms with Crippen LogP contribution in [-0.4, -0.2) is 24.1 Å². The van der Waals surface area contributed by atoms with Crippen molar-refractivity contribution in [2.45, 2.75) is 75.7 Å². The third-order valence-corrected chi connectivity index (χ3v) is 10.8. The standard InChI is InChI=1S/C30H38O2S2/c1-7-32-27(31)13-12-22-10-8-11-23(19-22)30(33-16-9-17-34-30)24-20-26-25(18-21(24)2)28(3,4)14-15-29(26,5)6/h8,10-13,18-20H,7,9,14-17H2,1-6H3. The van der Waals surface area contributed by atoms with Crippen LogP contribution in [0.4, 0.5) is 0 Å². The number of rotatable bonds is 5. The van der Waals surface area contributed by atoms with Gasteiger partial charge in [-0.15, -0.1) is 23.5 Å². The molecule has 1 fully saturated rings. The fourth-order valence-electron chi connectivity index (χ4n) is 5.29. The van der Waals surface area contributed by atoms with Crippen LogP contribution in [0.5, 0.6) is 0 Å². The molecule has 0 amide bonds. The van der Waals surface area contributed by atoms with Crippen LogP contribution in [0.25, 0.3) is 6.08 Å². The summed E-state index contributed by atoms with van der Waals surface area (Å²) in [4.78, 5) is 11.9. The lowest BCUT2D eigenvalue weighted by Gasteiger charge is -2.44. The molecule has 4 rings (SSSR count). The number of aryl methyl sites for hydroxylation is 1. The van der Waals surface area contributed by atoms with Gasteiger partial charge in [-0.1, -0.05) is 58.0 Å². The van der Waals surface area contributed by atoms with Crippen LogP contribution in [0.1, 0.15) is 87.3 Å². The van der Waals surface area contributed by atoms with Crippen molar-refractivity contribution in [3.8, 4) is 0 Å². The quantitative estimate of drug-likeness (QED) is 0.311. The fourth-order valence-corrected chi connectivity index (χ4v) is 8.79. The van der Waals surface area contributed by atoms with Gasteiger partial charge < -0.3 is 4.74 Å². The Bertz CT molecular complexity index is 1090. The molecule has 0 saturated carbocycles. The molecule has 4 heteroatoms. The van der Waals surface area contributed by atoms with Gasteiger partial charge in [-0.05, 0) is 101 Å². The lowest BCUT2D eigenvalue weighted by atomic mass is 9.62. The maximum absolute atomic E-state index is 11.9. The van der Waals surface area contributed by atoms with Gasteiger partial charge in [0.2, 0.25) is 0 Å². The van der Waals surface area contributed by atoms with Gasteiger partial charge in [-0.3, -0.25) is 0 Å². The Morgan fingerprint density at radius 1 is 0.971 bits per heavy atom. The zero-order chi connectivity index (χ0) is 24.6. The summed E-state index contributed by atoms with van der Waals surface area (Å²) < 4.78 is 4.93. The van der Waals surface area contributed by atoms with E-state index in [1.165, 1.54) is 53.2 Å². The van der Waals surface area contributed by atoms with Gasteiger partial charge in [0.1, 0.15) is 4.08 Å². The van der Waals surface area contributed by atoms with Crippen LogP contribution in [0.15, 0.2) is 42.5 Å².